The highest BCUT2D eigenvalue weighted by molar-refractivity contribution is 7.17. The molecule has 2 N–H and O–H groups in total. The van der Waals surface area contributed by atoms with Crippen LogP contribution in [0.15, 0.2) is 47.8 Å². The fraction of sp³-hybridized carbons (Fsp3) is 0.464. The largest absolute Gasteiger partial charge is 0.486 e. The van der Waals surface area contributed by atoms with Crippen molar-refractivity contribution in [2.24, 2.45) is 5.92 Å². The van der Waals surface area contributed by atoms with Gasteiger partial charge in [0, 0.05) is 30.0 Å². The van der Waals surface area contributed by atoms with E-state index in [9.17, 15) is 9.90 Å². The molecular formula is C28H33N3O4S. The average molecular weight is 508 g/mol. The number of hydrogen-bond donors (Lipinski definition) is 2. The van der Waals surface area contributed by atoms with E-state index in [-0.39, 0.29) is 11.8 Å². The number of nitrogens with zero attached hydrogens (tertiary/aromatic N) is 2. The Hall–Kier alpha value is -2.81. The van der Waals surface area contributed by atoms with Crippen molar-refractivity contribution in [3.8, 4) is 11.5 Å². The van der Waals surface area contributed by atoms with Gasteiger partial charge in [-0.05, 0) is 79.0 Å². The molecule has 6 rings (SSSR count). The molecule has 190 valence electrons. The summed E-state index contributed by atoms with van der Waals surface area (Å²) in [6, 6.07) is 13.8. The third-order valence-electron chi connectivity index (χ3n) is 7.63. The minimum absolute atomic E-state index is 0.0236. The summed E-state index contributed by atoms with van der Waals surface area (Å²) >= 11 is 1.75. The number of rotatable bonds is 7. The summed E-state index contributed by atoms with van der Waals surface area (Å²) in [4.78, 5) is 18.1. The lowest BCUT2D eigenvalue weighted by atomic mass is 9.99. The maximum atomic E-state index is 13.4. The van der Waals surface area contributed by atoms with Crippen molar-refractivity contribution in [3.63, 3.8) is 0 Å². The zero-order chi connectivity index (χ0) is 24.5. The molecule has 0 bridgehead atoms. The first-order chi connectivity index (χ1) is 17.6. The van der Waals surface area contributed by atoms with Crippen LogP contribution in [0.25, 0.3) is 10.1 Å². The van der Waals surface area contributed by atoms with E-state index in [1.807, 2.05) is 18.2 Å². The van der Waals surface area contributed by atoms with E-state index in [0.29, 0.717) is 37.8 Å². The van der Waals surface area contributed by atoms with E-state index in [4.69, 9.17) is 9.47 Å². The van der Waals surface area contributed by atoms with Crippen LogP contribution in [0.4, 0.5) is 5.69 Å². The van der Waals surface area contributed by atoms with Crippen LogP contribution in [-0.2, 0) is 4.79 Å². The van der Waals surface area contributed by atoms with Gasteiger partial charge >= 0.3 is 0 Å². The number of benzene rings is 2. The van der Waals surface area contributed by atoms with E-state index in [2.05, 4.69) is 44.8 Å². The van der Waals surface area contributed by atoms with Crippen molar-refractivity contribution in [3.05, 3.63) is 53.4 Å². The molecule has 4 heterocycles. The van der Waals surface area contributed by atoms with Gasteiger partial charge in [-0.25, -0.2) is 0 Å². The average Bonchev–Trinajstić information content (AvgIpc) is 3.69. The molecule has 3 atom stereocenters. The number of fused-ring (bicyclic) bond motifs is 2. The molecule has 1 aromatic heterocycles. The first kappa shape index (κ1) is 23.6. The Morgan fingerprint density at radius 1 is 1.06 bits per heavy atom. The van der Waals surface area contributed by atoms with E-state index >= 15 is 0 Å². The quantitative estimate of drug-likeness (QED) is 0.507. The maximum absolute atomic E-state index is 13.4. The Balaban J connectivity index is 1.15. The highest BCUT2D eigenvalue weighted by Crippen LogP contribution is 2.34. The Labute approximate surface area is 215 Å². The topological polar surface area (TPSA) is 74.3 Å². The van der Waals surface area contributed by atoms with Crippen LogP contribution in [0.2, 0.25) is 0 Å². The third kappa shape index (κ3) is 4.90. The smallest absolute Gasteiger partial charge is 0.225 e. The molecule has 3 aliphatic rings. The van der Waals surface area contributed by atoms with Crippen LogP contribution in [0.5, 0.6) is 11.5 Å². The van der Waals surface area contributed by atoms with Crippen molar-refractivity contribution in [2.45, 2.75) is 31.4 Å². The zero-order valence-corrected chi connectivity index (χ0v) is 21.2. The predicted molar refractivity (Wildman–Crippen MR) is 142 cm³/mol. The molecule has 1 amide bonds. The maximum Gasteiger partial charge on any atom is 0.225 e. The van der Waals surface area contributed by atoms with Gasteiger partial charge in [-0.3, -0.25) is 4.79 Å². The van der Waals surface area contributed by atoms with Gasteiger partial charge in [-0.15, -0.1) is 11.3 Å². The molecule has 2 saturated heterocycles. The Morgan fingerprint density at radius 3 is 2.75 bits per heavy atom. The highest BCUT2D eigenvalue weighted by atomic mass is 32.1. The molecule has 36 heavy (non-hydrogen) atoms. The van der Waals surface area contributed by atoms with E-state index in [0.717, 1.165) is 44.5 Å². The zero-order valence-electron chi connectivity index (χ0n) is 20.4. The van der Waals surface area contributed by atoms with Crippen molar-refractivity contribution < 1.29 is 19.4 Å². The SMILES string of the molecule is O=C(N[C@H](CN1CCCC1)[C@H](O)c1ccc2c(c1)OCCO2)[C@H]1CCN(c2ccc3ccsc3c2)C1. The van der Waals surface area contributed by atoms with Crippen molar-refractivity contribution in [2.75, 3.05) is 50.8 Å². The number of carbonyl (C=O) groups excluding carboxylic acids is 1. The summed E-state index contributed by atoms with van der Waals surface area (Å²) in [7, 11) is 0. The van der Waals surface area contributed by atoms with Crippen LogP contribution in [-0.4, -0.2) is 67.9 Å². The molecule has 8 heteroatoms. The van der Waals surface area contributed by atoms with Gasteiger partial charge in [0.1, 0.15) is 19.3 Å². The molecular weight excluding hydrogens is 474 g/mol. The van der Waals surface area contributed by atoms with Crippen LogP contribution in [0, 0.1) is 5.92 Å². The van der Waals surface area contributed by atoms with Gasteiger partial charge in [0.05, 0.1) is 12.0 Å². The Morgan fingerprint density at radius 2 is 1.89 bits per heavy atom. The van der Waals surface area contributed by atoms with E-state index < -0.39 is 12.1 Å². The number of anilines is 1. The minimum atomic E-state index is -0.830. The van der Waals surface area contributed by atoms with Gasteiger partial charge in [0.2, 0.25) is 5.91 Å². The highest BCUT2D eigenvalue weighted by Gasteiger charge is 2.33. The lowest BCUT2D eigenvalue weighted by Gasteiger charge is -2.30. The molecule has 0 radical (unpaired) electrons. The monoisotopic (exact) mass is 507 g/mol. The second kappa shape index (κ2) is 10.3. The van der Waals surface area contributed by atoms with Crippen LogP contribution >= 0.6 is 11.3 Å². The first-order valence-electron chi connectivity index (χ1n) is 13.0. The summed E-state index contributed by atoms with van der Waals surface area (Å²) in [5.74, 6) is 1.27. The van der Waals surface area contributed by atoms with E-state index in [1.165, 1.54) is 15.8 Å². The molecule has 0 aliphatic carbocycles. The number of aliphatic hydroxyl groups is 1. The number of aliphatic hydroxyl groups excluding tert-OH is 1. The molecule has 3 aliphatic heterocycles. The second-order valence-corrected chi connectivity index (χ2v) is 11.0. The molecule has 0 spiro atoms. The summed E-state index contributed by atoms with van der Waals surface area (Å²) in [5.41, 5.74) is 1.91. The first-order valence-corrected chi connectivity index (χ1v) is 13.8. The molecule has 2 aromatic carbocycles. The molecule has 0 saturated carbocycles. The van der Waals surface area contributed by atoms with E-state index in [1.54, 1.807) is 11.3 Å². The lowest BCUT2D eigenvalue weighted by molar-refractivity contribution is -0.126. The van der Waals surface area contributed by atoms with Gasteiger partial charge in [-0.2, -0.15) is 0 Å². The lowest BCUT2D eigenvalue weighted by Crippen LogP contribution is -2.48. The molecule has 2 fully saturated rings. The number of thiophene rings is 1. The fourth-order valence-corrected chi connectivity index (χ4v) is 6.42. The van der Waals surface area contributed by atoms with Crippen molar-refractivity contribution in [1.82, 2.24) is 10.2 Å². The number of hydrogen-bond acceptors (Lipinski definition) is 7. The molecule has 7 nitrogen and oxygen atoms in total. The summed E-state index contributed by atoms with van der Waals surface area (Å²) in [6.07, 6.45) is 2.30. The number of nitrogens with one attached hydrogen (secondary N) is 1. The van der Waals surface area contributed by atoms with Crippen molar-refractivity contribution >= 4 is 33.0 Å². The Bertz CT molecular complexity index is 1220. The van der Waals surface area contributed by atoms with Crippen LogP contribution in [0.3, 0.4) is 0 Å². The van der Waals surface area contributed by atoms with Gasteiger partial charge < -0.3 is 29.7 Å². The van der Waals surface area contributed by atoms with Gasteiger partial charge in [0.25, 0.3) is 0 Å². The minimum Gasteiger partial charge on any atom is -0.486 e. The number of likely N-dealkylation sites (tertiary alicyclic amines) is 1. The summed E-state index contributed by atoms with van der Waals surface area (Å²) < 4.78 is 12.6. The second-order valence-electron chi connectivity index (χ2n) is 10.0. The standard InChI is InChI=1S/C28H33N3O4S/c32-27(20-4-6-24-25(15-20)35-13-12-34-24)23(18-30-9-1-2-10-30)29-28(33)21-7-11-31(17-21)22-5-3-19-8-14-36-26(19)16-22/h3-6,8,14-16,21,23,27,32H,1-2,7,9-13,17-18H2,(H,29,33)/t21-,23+,27+/m0/s1. The normalized spacial score (nSPS) is 21.6. The summed E-state index contributed by atoms with van der Waals surface area (Å²) in [5, 5.41) is 18.0. The third-order valence-corrected chi connectivity index (χ3v) is 8.51. The van der Waals surface area contributed by atoms with Crippen molar-refractivity contribution in [1.29, 1.82) is 0 Å². The number of ether oxygens (including phenoxy) is 2. The van der Waals surface area contributed by atoms with Crippen LogP contribution in [0.1, 0.15) is 30.9 Å². The predicted octanol–water partition coefficient (Wildman–Crippen LogP) is 3.81. The van der Waals surface area contributed by atoms with Crippen LogP contribution < -0.4 is 19.7 Å². The summed E-state index contributed by atoms with van der Waals surface area (Å²) in [6.45, 7) is 5.22. The molecule has 0 unspecified atom stereocenters. The molecule has 3 aromatic rings. The van der Waals surface area contributed by atoms with Gasteiger partial charge in [-0.1, -0.05) is 12.1 Å². The van der Waals surface area contributed by atoms with Gasteiger partial charge in [0.15, 0.2) is 11.5 Å². The Kier molecular flexibility index (Phi) is 6.73. The number of carbonyl (C=O) groups is 1. The fourth-order valence-electron chi connectivity index (χ4n) is 5.59. The number of amides is 1.